The molecule has 1 aliphatic heterocycles. The molecule has 2 aromatic heterocycles. The molecule has 1 unspecified atom stereocenters. The van der Waals surface area contributed by atoms with Gasteiger partial charge in [0.15, 0.2) is 11.2 Å². The maximum absolute atomic E-state index is 12.4. The molecule has 1 atom stereocenters. The van der Waals surface area contributed by atoms with Crippen LogP contribution < -0.4 is 14.9 Å². The highest BCUT2D eigenvalue weighted by atomic mass is 16.5. The Balaban J connectivity index is 2.10. The van der Waals surface area contributed by atoms with E-state index >= 15 is 0 Å². The summed E-state index contributed by atoms with van der Waals surface area (Å²) in [5.74, 6) is -0.150. The summed E-state index contributed by atoms with van der Waals surface area (Å²) < 4.78 is 18.2. The summed E-state index contributed by atoms with van der Waals surface area (Å²) in [6, 6.07) is 3.14. The number of rotatable bonds is 8. The molecule has 0 radical (unpaired) electrons. The normalized spacial score (nSPS) is 15.0. The van der Waals surface area contributed by atoms with Crippen LogP contribution in [0.4, 0.5) is 0 Å². The molecule has 3 heterocycles. The summed E-state index contributed by atoms with van der Waals surface area (Å²) in [6.07, 6.45) is 2.76. The van der Waals surface area contributed by atoms with Crippen LogP contribution in [0.15, 0.2) is 23.1 Å². The summed E-state index contributed by atoms with van der Waals surface area (Å²) >= 11 is 0. The average molecular weight is 402 g/mol. The van der Waals surface area contributed by atoms with Crippen LogP contribution in [0.3, 0.4) is 0 Å². The fourth-order valence-corrected chi connectivity index (χ4v) is 3.57. The molecule has 0 fully saturated rings. The minimum atomic E-state index is -1.23. The zero-order valence-corrected chi connectivity index (χ0v) is 17.1. The van der Waals surface area contributed by atoms with Crippen LogP contribution in [0.1, 0.15) is 42.4 Å². The van der Waals surface area contributed by atoms with E-state index < -0.39 is 11.4 Å². The number of hydrogen-bond acceptors (Lipinski definition) is 6. The van der Waals surface area contributed by atoms with Crippen LogP contribution in [0.5, 0.6) is 11.6 Å². The molecule has 0 aliphatic carbocycles. The van der Waals surface area contributed by atoms with Gasteiger partial charge in [-0.05, 0) is 12.0 Å². The first kappa shape index (κ1) is 20.9. The van der Waals surface area contributed by atoms with Crippen molar-refractivity contribution in [2.45, 2.75) is 32.7 Å². The number of aromatic carboxylic acids is 1. The molecule has 0 aromatic carbocycles. The standard InChI is InChI=1S/C21H26N2O6/c1-12(2)16-9-15-13(17-10-18(24)14(21(25)26)11-23(16)17)8-19(28-4)20(22-15)29-7-5-6-27-3/h8,10-12,16H,5-7,9H2,1-4H3,(H,25,26). The maximum Gasteiger partial charge on any atom is 0.341 e. The average Bonchev–Trinajstić information content (AvgIpc) is 2.69. The molecule has 8 nitrogen and oxygen atoms in total. The summed E-state index contributed by atoms with van der Waals surface area (Å²) in [4.78, 5) is 28.5. The number of ether oxygens (including phenoxy) is 3. The van der Waals surface area contributed by atoms with E-state index in [0.717, 1.165) is 17.7 Å². The highest BCUT2D eigenvalue weighted by Gasteiger charge is 2.30. The van der Waals surface area contributed by atoms with Gasteiger partial charge in [-0.3, -0.25) is 4.79 Å². The Labute approximate surface area is 169 Å². The molecule has 0 saturated carbocycles. The highest BCUT2D eigenvalue weighted by molar-refractivity contribution is 5.87. The lowest BCUT2D eigenvalue weighted by Gasteiger charge is -2.33. The van der Waals surface area contributed by atoms with Gasteiger partial charge in [-0.2, -0.15) is 0 Å². The molecule has 0 amide bonds. The van der Waals surface area contributed by atoms with Crippen molar-refractivity contribution in [2.75, 3.05) is 27.4 Å². The third-order valence-electron chi connectivity index (χ3n) is 5.10. The Morgan fingerprint density at radius 3 is 2.69 bits per heavy atom. The molecule has 156 valence electrons. The van der Waals surface area contributed by atoms with Gasteiger partial charge in [-0.25, -0.2) is 9.78 Å². The van der Waals surface area contributed by atoms with Gasteiger partial charge in [0, 0.05) is 50.4 Å². The molecule has 1 aliphatic rings. The summed E-state index contributed by atoms with van der Waals surface area (Å²) in [6.45, 7) is 5.15. The Bertz CT molecular complexity index is 966. The van der Waals surface area contributed by atoms with E-state index in [1.165, 1.54) is 19.4 Å². The van der Waals surface area contributed by atoms with Crippen molar-refractivity contribution in [3.63, 3.8) is 0 Å². The van der Waals surface area contributed by atoms with Gasteiger partial charge in [-0.1, -0.05) is 13.8 Å². The van der Waals surface area contributed by atoms with E-state index in [2.05, 4.69) is 18.8 Å². The maximum atomic E-state index is 12.4. The van der Waals surface area contributed by atoms with Gasteiger partial charge in [0.1, 0.15) is 5.56 Å². The van der Waals surface area contributed by atoms with E-state index in [9.17, 15) is 14.7 Å². The van der Waals surface area contributed by atoms with Crippen molar-refractivity contribution in [1.29, 1.82) is 0 Å². The first-order chi connectivity index (χ1) is 13.9. The predicted molar refractivity (Wildman–Crippen MR) is 107 cm³/mol. The lowest BCUT2D eigenvalue weighted by molar-refractivity contribution is 0.0694. The van der Waals surface area contributed by atoms with E-state index in [-0.39, 0.29) is 17.5 Å². The largest absolute Gasteiger partial charge is 0.491 e. The minimum absolute atomic E-state index is 0.0292. The van der Waals surface area contributed by atoms with Crippen LogP contribution in [0.2, 0.25) is 0 Å². The van der Waals surface area contributed by atoms with Crippen LogP contribution in [0, 0.1) is 5.92 Å². The molecule has 3 rings (SSSR count). The number of methoxy groups -OCH3 is 2. The first-order valence-corrected chi connectivity index (χ1v) is 9.56. The second-order valence-electron chi connectivity index (χ2n) is 7.35. The van der Waals surface area contributed by atoms with Crippen LogP contribution >= 0.6 is 0 Å². The van der Waals surface area contributed by atoms with Crippen molar-refractivity contribution in [1.82, 2.24) is 9.55 Å². The molecule has 2 aromatic rings. The second kappa shape index (κ2) is 8.65. The van der Waals surface area contributed by atoms with Crippen LogP contribution in [-0.2, 0) is 11.2 Å². The molecule has 0 saturated heterocycles. The summed E-state index contributed by atoms with van der Waals surface area (Å²) in [5, 5.41) is 9.36. The van der Waals surface area contributed by atoms with E-state index in [4.69, 9.17) is 14.2 Å². The van der Waals surface area contributed by atoms with E-state index in [0.29, 0.717) is 37.0 Å². The van der Waals surface area contributed by atoms with Gasteiger partial charge in [-0.15, -0.1) is 0 Å². The minimum Gasteiger partial charge on any atom is -0.491 e. The van der Waals surface area contributed by atoms with Crippen molar-refractivity contribution in [2.24, 2.45) is 5.92 Å². The zero-order chi connectivity index (χ0) is 21.1. The SMILES string of the molecule is COCCCOc1nc2c(cc1OC)-c1cc(=O)c(C(=O)O)cn1C(C(C)C)C2. The molecule has 29 heavy (non-hydrogen) atoms. The Hall–Kier alpha value is -2.87. The van der Waals surface area contributed by atoms with Crippen LogP contribution in [0.25, 0.3) is 11.3 Å². The fourth-order valence-electron chi connectivity index (χ4n) is 3.57. The third-order valence-corrected chi connectivity index (χ3v) is 5.10. The van der Waals surface area contributed by atoms with Crippen molar-refractivity contribution < 1.29 is 24.1 Å². The lowest BCUT2D eigenvalue weighted by Crippen LogP contribution is -2.28. The van der Waals surface area contributed by atoms with Crippen molar-refractivity contribution in [3.05, 3.63) is 39.8 Å². The highest BCUT2D eigenvalue weighted by Crippen LogP contribution is 2.40. The number of carbonyl (C=O) groups is 1. The zero-order valence-electron chi connectivity index (χ0n) is 17.1. The topological polar surface area (TPSA) is 99.9 Å². The van der Waals surface area contributed by atoms with Gasteiger partial charge in [0.2, 0.25) is 0 Å². The summed E-state index contributed by atoms with van der Waals surface area (Å²) in [7, 11) is 3.17. The van der Waals surface area contributed by atoms with Crippen LogP contribution in [-0.4, -0.2) is 48.1 Å². The number of carboxylic acid groups (broad SMARTS) is 1. The predicted octanol–water partition coefficient (Wildman–Crippen LogP) is 2.79. The van der Waals surface area contributed by atoms with Gasteiger partial charge in [0.05, 0.1) is 25.1 Å². The van der Waals surface area contributed by atoms with E-state index in [1.807, 2.05) is 4.57 Å². The van der Waals surface area contributed by atoms with E-state index in [1.54, 1.807) is 13.2 Å². The number of hydrogen-bond donors (Lipinski definition) is 1. The first-order valence-electron chi connectivity index (χ1n) is 9.56. The van der Waals surface area contributed by atoms with Gasteiger partial charge >= 0.3 is 5.97 Å². The molecular formula is C21H26N2O6. The molecule has 0 spiro atoms. The molecule has 1 N–H and O–H groups in total. The fraction of sp³-hybridized carbons (Fsp3) is 0.476. The monoisotopic (exact) mass is 402 g/mol. The quantitative estimate of drug-likeness (QED) is 0.678. The number of fused-ring (bicyclic) bond motifs is 3. The Morgan fingerprint density at radius 2 is 2.07 bits per heavy atom. The smallest absolute Gasteiger partial charge is 0.341 e. The number of pyridine rings is 2. The van der Waals surface area contributed by atoms with Crippen molar-refractivity contribution in [3.8, 4) is 22.9 Å². The molecular weight excluding hydrogens is 376 g/mol. The number of carboxylic acids is 1. The second-order valence-corrected chi connectivity index (χ2v) is 7.35. The molecule has 0 bridgehead atoms. The molecule has 8 heteroatoms. The van der Waals surface area contributed by atoms with Gasteiger partial charge < -0.3 is 23.9 Å². The third kappa shape index (κ3) is 4.12. The Morgan fingerprint density at radius 1 is 1.31 bits per heavy atom. The number of aromatic nitrogens is 2. The Kier molecular flexibility index (Phi) is 6.22. The lowest BCUT2D eigenvalue weighted by atomic mass is 9.90. The van der Waals surface area contributed by atoms with Crippen molar-refractivity contribution >= 4 is 5.97 Å². The summed E-state index contributed by atoms with van der Waals surface area (Å²) in [5.41, 5.74) is 1.42. The number of nitrogens with zero attached hydrogens (tertiary/aromatic N) is 2. The van der Waals surface area contributed by atoms with Gasteiger partial charge in [0.25, 0.3) is 5.88 Å².